The molecule has 0 bridgehead atoms. The summed E-state index contributed by atoms with van der Waals surface area (Å²) in [7, 11) is 0. The molecule has 0 heterocycles. The quantitative estimate of drug-likeness (QED) is 0.335. The Morgan fingerprint density at radius 3 is 2.24 bits per heavy atom. The molecular formula is C28H20O. The monoisotopic (exact) mass is 372 g/mol. The maximum absolute atomic E-state index is 6.05. The van der Waals surface area contributed by atoms with Crippen LogP contribution in [0.2, 0.25) is 0 Å². The van der Waals surface area contributed by atoms with Crippen LogP contribution in [0.3, 0.4) is 0 Å². The van der Waals surface area contributed by atoms with Gasteiger partial charge in [0.25, 0.3) is 0 Å². The second-order valence-electron chi connectivity index (χ2n) is 7.74. The van der Waals surface area contributed by atoms with Gasteiger partial charge in [-0.15, -0.1) is 0 Å². The summed E-state index contributed by atoms with van der Waals surface area (Å²) in [6.45, 7) is 0. The van der Waals surface area contributed by atoms with E-state index >= 15 is 0 Å². The van der Waals surface area contributed by atoms with Crippen LogP contribution < -0.4 is 9.96 Å². The summed E-state index contributed by atoms with van der Waals surface area (Å²) in [5, 5.41) is 6.84. The zero-order valence-electron chi connectivity index (χ0n) is 16.1. The van der Waals surface area contributed by atoms with Gasteiger partial charge in [0, 0.05) is 0 Å². The molecule has 0 aromatic heterocycles. The largest absolute Gasteiger partial charge is 0.457 e. The number of benzene rings is 5. The van der Waals surface area contributed by atoms with Crippen molar-refractivity contribution in [3.63, 3.8) is 0 Å². The Morgan fingerprint density at radius 2 is 1.38 bits per heavy atom. The van der Waals surface area contributed by atoms with E-state index in [0.29, 0.717) is 0 Å². The average molecular weight is 372 g/mol. The van der Waals surface area contributed by atoms with Crippen LogP contribution in [-0.2, 0) is 6.42 Å². The summed E-state index contributed by atoms with van der Waals surface area (Å²) in [6, 6.07) is 32.0. The summed E-state index contributed by atoms with van der Waals surface area (Å²) in [5.41, 5.74) is 3.87. The van der Waals surface area contributed by atoms with Crippen LogP contribution in [0.15, 0.2) is 91.0 Å². The van der Waals surface area contributed by atoms with Crippen molar-refractivity contribution in [3.8, 4) is 22.6 Å². The lowest BCUT2D eigenvalue weighted by molar-refractivity contribution is 0.483. The van der Waals surface area contributed by atoms with Crippen molar-refractivity contribution < 1.29 is 4.74 Å². The third-order valence-corrected chi connectivity index (χ3v) is 5.89. The summed E-state index contributed by atoms with van der Waals surface area (Å²) >= 11 is 0. The van der Waals surface area contributed by atoms with E-state index in [1.807, 2.05) is 36.4 Å². The molecule has 1 aliphatic rings. The lowest BCUT2D eigenvalue weighted by atomic mass is 9.88. The van der Waals surface area contributed by atoms with Crippen molar-refractivity contribution in [1.29, 1.82) is 0 Å². The van der Waals surface area contributed by atoms with Gasteiger partial charge in [-0.3, -0.25) is 0 Å². The van der Waals surface area contributed by atoms with Crippen LogP contribution in [0.1, 0.15) is 12.0 Å². The van der Waals surface area contributed by atoms with Crippen molar-refractivity contribution in [2.45, 2.75) is 12.8 Å². The average Bonchev–Trinajstić information content (AvgIpc) is 2.78. The molecule has 0 atom stereocenters. The van der Waals surface area contributed by atoms with Gasteiger partial charge in [-0.05, 0) is 92.7 Å². The standard InChI is InChI=1S/C28H20O/c1-2-9-25(10-3-1)29-26-11-5-8-21(18-26)24-16-22-14-12-19-6-4-7-20-13-15-23(17-24)28(22)27(19)20/h1-3,5-6,8-18H,4,7H2. The molecule has 0 saturated heterocycles. The van der Waals surface area contributed by atoms with Gasteiger partial charge in [0.05, 0.1) is 0 Å². The number of aryl methyl sites for hydroxylation is 1. The minimum Gasteiger partial charge on any atom is -0.457 e. The Balaban J connectivity index is 1.49. The normalized spacial score (nSPS) is 12.8. The predicted molar refractivity (Wildman–Crippen MR) is 121 cm³/mol. The topological polar surface area (TPSA) is 9.23 Å². The highest BCUT2D eigenvalue weighted by atomic mass is 16.5. The Hall–Kier alpha value is -3.58. The number of rotatable bonds is 3. The maximum Gasteiger partial charge on any atom is 0.128 e. The first-order valence-electron chi connectivity index (χ1n) is 10.2. The first-order chi connectivity index (χ1) is 14.3. The smallest absolute Gasteiger partial charge is 0.128 e. The zero-order valence-corrected chi connectivity index (χ0v) is 16.1. The number of para-hydroxylation sites is 1. The van der Waals surface area contributed by atoms with Gasteiger partial charge in [-0.2, -0.15) is 0 Å². The molecule has 6 rings (SSSR count). The van der Waals surface area contributed by atoms with Crippen LogP contribution in [-0.4, -0.2) is 0 Å². The van der Waals surface area contributed by atoms with Gasteiger partial charge in [-0.1, -0.05) is 60.7 Å². The summed E-state index contributed by atoms with van der Waals surface area (Å²) in [4.78, 5) is 0. The van der Waals surface area contributed by atoms with E-state index in [1.54, 1.807) is 0 Å². The second-order valence-corrected chi connectivity index (χ2v) is 7.74. The SMILES string of the molecule is C1=c2ccc3cc(-c4cccc(Oc5ccccc5)c4)cc4ccc(c2c43)CC1. The van der Waals surface area contributed by atoms with Crippen LogP contribution in [0.25, 0.3) is 38.7 Å². The molecule has 1 aliphatic carbocycles. The molecule has 1 heteroatoms. The van der Waals surface area contributed by atoms with Crippen LogP contribution in [0.5, 0.6) is 11.5 Å². The van der Waals surface area contributed by atoms with Crippen LogP contribution in [0.4, 0.5) is 0 Å². The molecule has 1 nitrogen and oxygen atoms in total. The van der Waals surface area contributed by atoms with E-state index in [1.165, 1.54) is 43.5 Å². The minimum absolute atomic E-state index is 0.854. The van der Waals surface area contributed by atoms with Crippen molar-refractivity contribution >= 4 is 27.6 Å². The third-order valence-electron chi connectivity index (χ3n) is 5.89. The fourth-order valence-corrected chi connectivity index (χ4v) is 4.56. The fourth-order valence-electron chi connectivity index (χ4n) is 4.56. The summed E-state index contributed by atoms with van der Waals surface area (Å²) < 4.78 is 6.05. The van der Waals surface area contributed by atoms with E-state index in [0.717, 1.165) is 24.3 Å². The molecule has 0 amide bonds. The van der Waals surface area contributed by atoms with Gasteiger partial charge in [0.1, 0.15) is 11.5 Å². The lowest BCUT2D eigenvalue weighted by Crippen LogP contribution is -2.09. The first kappa shape index (κ1) is 16.4. The third kappa shape index (κ3) is 2.78. The zero-order chi connectivity index (χ0) is 19.2. The molecule has 0 saturated carbocycles. The number of ether oxygens (including phenoxy) is 1. The van der Waals surface area contributed by atoms with Crippen molar-refractivity contribution in [1.82, 2.24) is 0 Å². The first-order valence-corrected chi connectivity index (χ1v) is 10.2. The predicted octanol–water partition coefficient (Wildman–Crippen LogP) is 6.90. The van der Waals surface area contributed by atoms with E-state index in [9.17, 15) is 0 Å². The molecule has 0 spiro atoms. The van der Waals surface area contributed by atoms with Crippen molar-refractivity contribution in [2.75, 3.05) is 0 Å². The maximum atomic E-state index is 6.05. The van der Waals surface area contributed by atoms with Gasteiger partial charge in [0.2, 0.25) is 0 Å². The van der Waals surface area contributed by atoms with Crippen LogP contribution >= 0.6 is 0 Å². The Bertz CT molecular complexity index is 1390. The highest BCUT2D eigenvalue weighted by molar-refractivity contribution is 6.13. The minimum atomic E-state index is 0.854. The Morgan fingerprint density at radius 1 is 0.586 bits per heavy atom. The molecule has 138 valence electrons. The Kier molecular flexibility index (Phi) is 3.67. The van der Waals surface area contributed by atoms with Crippen molar-refractivity contribution in [2.24, 2.45) is 0 Å². The molecule has 0 radical (unpaired) electrons. The van der Waals surface area contributed by atoms with E-state index in [-0.39, 0.29) is 0 Å². The fraction of sp³-hybridized carbons (Fsp3) is 0.0714. The molecule has 0 N–H and O–H groups in total. The van der Waals surface area contributed by atoms with Crippen LogP contribution in [0, 0.1) is 0 Å². The van der Waals surface area contributed by atoms with Gasteiger partial charge in [0.15, 0.2) is 0 Å². The molecule has 5 aromatic rings. The molecular weight excluding hydrogens is 352 g/mol. The lowest BCUT2D eigenvalue weighted by Gasteiger charge is -2.16. The highest BCUT2D eigenvalue weighted by Gasteiger charge is 2.12. The summed E-state index contributed by atoms with van der Waals surface area (Å²) in [6.07, 6.45) is 4.65. The van der Waals surface area contributed by atoms with Gasteiger partial charge < -0.3 is 4.74 Å². The molecule has 0 fully saturated rings. The van der Waals surface area contributed by atoms with E-state index in [2.05, 4.69) is 60.7 Å². The Labute approximate surface area is 169 Å². The summed E-state index contributed by atoms with van der Waals surface area (Å²) in [5.74, 6) is 1.71. The van der Waals surface area contributed by atoms with E-state index in [4.69, 9.17) is 4.74 Å². The second kappa shape index (κ2) is 6.49. The number of hydrogen-bond acceptors (Lipinski definition) is 1. The molecule has 5 aromatic carbocycles. The van der Waals surface area contributed by atoms with Gasteiger partial charge in [-0.25, -0.2) is 0 Å². The molecule has 0 unspecified atom stereocenters. The molecule has 0 aliphatic heterocycles. The number of hydrogen-bond donors (Lipinski definition) is 0. The van der Waals surface area contributed by atoms with Crippen molar-refractivity contribution in [3.05, 3.63) is 102 Å². The molecule has 29 heavy (non-hydrogen) atoms. The highest BCUT2D eigenvalue weighted by Crippen LogP contribution is 2.35. The van der Waals surface area contributed by atoms with Gasteiger partial charge >= 0.3 is 0 Å². The van der Waals surface area contributed by atoms with E-state index < -0.39 is 0 Å².